The van der Waals surface area contributed by atoms with Crippen LogP contribution in [-0.2, 0) is 22.7 Å². The normalized spacial score (nSPS) is 12.3. The fourth-order valence-corrected chi connectivity index (χ4v) is 3.78. The van der Waals surface area contributed by atoms with Crippen LogP contribution in [0.3, 0.4) is 0 Å². The minimum Gasteiger partial charge on any atom is -0.432 e. The number of anilines is 2. The van der Waals surface area contributed by atoms with Crippen molar-refractivity contribution in [2.75, 3.05) is 16.8 Å². The second-order valence-corrected chi connectivity index (χ2v) is 8.20. The van der Waals surface area contributed by atoms with Crippen molar-refractivity contribution in [2.24, 2.45) is 0 Å². The second-order valence-electron chi connectivity index (χ2n) is 7.38. The lowest BCUT2D eigenvalue weighted by atomic mass is 10.2. The first-order chi connectivity index (χ1) is 15.8. The highest BCUT2D eigenvalue weighted by molar-refractivity contribution is 6.42. The van der Waals surface area contributed by atoms with E-state index in [2.05, 4.69) is 10.3 Å². The van der Waals surface area contributed by atoms with Gasteiger partial charge >= 0.3 is 12.0 Å². The van der Waals surface area contributed by atoms with E-state index in [1.165, 1.54) is 6.92 Å². The zero-order valence-corrected chi connectivity index (χ0v) is 19.5. The number of rotatable bonds is 5. The van der Waals surface area contributed by atoms with Gasteiger partial charge in [-0.15, -0.1) is 0 Å². The van der Waals surface area contributed by atoms with Crippen molar-refractivity contribution in [1.29, 1.82) is 0 Å². The topological polar surface area (TPSA) is 84.6 Å². The Morgan fingerprint density at radius 3 is 2.76 bits per heavy atom. The molecule has 0 saturated heterocycles. The van der Waals surface area contributed by atoms with Crippen molar-refractivity contribution >= 4 is 46.7 Å². The van der Waals surface area contributed by atoms with Gasteiger partial charge in [-0.05, 0) is 36.2 Å². The summed E-state index contributed by atoms with van der Waals surface area (Å²) in [5.41, 5.74) is 2.44. The number of benzene rings is 1. The molecule has 33 heavy (non-hydrogen) atoms. The molecule has 1 aromatic carbocycles. The monoisotopic (exact) mass is 487 g/mol. The molecule has 0 atom stereocenters. The summed E-state index contributed by atoms with van der Waals surface area (Å²) in [6.07, 6.45) is 2.47. The van der Waals surface area contributed by atoms with E-state index in [1.54, 1.807) is 58.1 Å². The highest BCUT2D eigenvalue weighted by Gasteiger charge is 2.26. The van der Waals surface area contributed by atoms with E-state index in [9.17, 15) is 9.59 Å². The molecule has 1 aliphatic heterocycles. The number of carbonyl (C=O) groups excluding carboxylic acids is 2. The van der Waals surface area contributed by atoms with Crippen LogP contribution in [0.1, 0.15) is 18.2 Å². The van der Waals surface area contributed by atoms with Gasteiger partial charge in [0.15, 0.2) is 11.9 Å². The Labute approximate surface area is 200 Å². The van der Waals surface area contributed by atoms with E-state index in [0.29, 0.717) is 40.5 Å². The number of ether oxygens (including phenoxy) is 2. The first kappa shape index (κ1) is 22.8. The molecule has 0 radical (unpaired) electrons. The number of nitrogens with zero attached hydrogens (tertiary/aromatic N) is 3. The Bertz CT molecular complexity index is 1240. The number of hydrogen-bond acceptors (Lipinski definition) is 5. The van der Waals surface area contributed by atoms with Crippen LogP contribution in [0.2, 0.25) is 10.0 Å². The molecule has 0 unspecified atom stereocenters. The van der Waals surface area contributed by atoms with Gasteiger partial charge in [0, 0.05) is 32.5 Å². The summed E-state index contributed by atoms with van der Waals surface area (Å²) in [7, 11) is 0. The average molecular weight is 488 g/mol. The van der Waals surface area contributed by atoms with Crippen LogP contribution in [0, 0.1) is 6.92 Å². The molecule has 4 rings (SSSR count). The summed E-state index contributed by atoms with van der Waals surface area (Å²) in [6.45, 7) is 3.78. The first-order valence-electron chi connectivity index (χ1n) is 10.2. The predicted octanol–water partition coefficient (Wildman–Crippen LogP) is 4.89. The Morgan fingerprint density at radius 1 is 1.18 bits per heavy atom. The smallest absolute Gasteiger partial charge is 0.327 e. The van der Waals surface area contributed by atoms with Crippen molar-refractivity contribution in [3.63, 3.8) is 0 Å². The number of esters is 1. The van der Waals surface area contributed by atoms with Gasteiger partial charge in [-0.1, -0.05) is 29.3 Å². The Balaban J connectivity index is 1.48. The van der Waals surface area contributed by atoms with Gasteiger partial charge < -0.3 is 9.47 Å². The quantitative estimate of drug-likeness (QED) is 0.408. The van der Waals surface area contributed by atoms with E-state index in [-0.39, 0.29) is 18.7 Å². The van der Waals surface area contributed by atoms with E-state index in [1.807, 2.05) is 6.92 Å². The molecule has 3 aromatic rings. The maximum Gasteiger partial charge on any atom is 0.327 e. The number of carbonyl (C=O) groups is 2. The van der Waals surface area contributed by atoms with Gasteiger partial charge in [-0.25, -0.2) is 4.79 Å². The van der Waals surface area contributed by atoms with Crippen molar-refractivity contribution in [3.8, 4) is 11.6 Å². The minimum absolute atomic E-state index is 0.0778. The van der Waals surface area contributed by atoms with Crippen LogP contribution in [0.25, 0.3) is 0 Å². The molecule has 1 N–H and O–H groups in total. The van der Waals surface area contributed by atoms with Gasteiger partial charge in [0.25, 0.3) is 6.73 Å². The lowest BCUT2D eigenvalue weighted by molar-refractivity contribution is -0.733. The van der Waals surface area contributed by atoms with Crippen molar-refractivity contribution in [3.05, 3.63) is 70.0 Å². The molecule has 0 aliphatic carbocycles. The molecule has 3 heterocycles. The lowest BCUT2D eigenvalue weighted by Gasteiger charge is -2.18. The average Bonchev–Trinajstić information content (AvgIpc) is 3.17. The van der Waals surface area contributed by atoms with Crippen LogP contribution in [0.5, 0.6) is 11.6 Å². The van der Waals surface area contributed by atoms with Crippen molar-refractivity contribution < 1.29 is 23.6 Å². The molecule has 0 bridgehead atoms. The number of pyridine rings is 2. The molecular formula is C23H21Cl2N4O4+. The van der Waals surface area contributed by atoms with Gasteiger partial charge in [0.2, 0.25) is 11.6 Å². The summed E-state index contributed by atoms with van der Waals surface area (Å²) in [4.78, 5) is 30.0. The zero-order chi connectivity index (χ0) is 23.5. The van der Waals surface area contributed by atoms with E-state index in [4.69, 9.17) is 32.7 Å². The minimum atomic E-state index is -0.371. The maximum atomic E-state index is 12.9. The molecule has 8 nitrogen and oxygen atoms in total. The predicted molar refractivity (Wildman–Crippen MR) is 124 cm³/mol. The fraction of sp³-hybridized carbons (Fsp3) is 0.217. The summed E-state index contributed by atoms with van der Waals surface area (Å²) in [5, 5.41) is 3.66. The number of urea groups is 1. The molecule has 0 fully saturated rings. The molecule has 170 valence electrons. The Hall–Kier alpha value is -3.36. The van der Waals surface area contributed by atoms with E-state index in [0.717, 1.165) is 16.9 Å². The number of fused-ring (bicyclic) bond motifs is 1. The number of halogens is 2. The SMILES string of the molecule is CC(=O)OC[n+]1cccc(Oc2cccc(NC(=O)N3CCc4cc(Cl)c(Cl)cc43)n2)c1C. The molecule has 1 aliphatic rings. The molecule has 0 saturated carbocycles. The Kier molecular flexibility index (Phi) is 6.67. The van der Waals surface area contributed by atoms with Crippen molar-refractivity contribution in [2.45, 2.75) is 27.0 Å². The lowest BCUT2D eigenvalue weighted by Crippen LogP contribution is -2.38. The fourth-order valence-electron chi connectivity index (χ4n) is 3.44. The third-order valence-corrected chi connectivity index (χ3v) is 5.87. The molecule has 0 spiro atoms. The number of hydrogen-bond donors (Lipinski definition) is 1. The first-order valence-corrected chi connectivity index (χ1v) is 10.9. The summed E-state index contributed by atoms with van der Waals surface area (Å²) in [5.74, 6) is 0.815. The summed E-state index contributed by atoms with van der Waals surface area (Å²) >= 11 is 12.2. The number of aromatic nitrogens is 2. The van der Waals surface area contributed by atoms with Crippen LogP contribution in [0.15, 0.2) is 48.7 Å². The Morgan fingerprint density at radius 2 is 1.97 bits per heavy atom. The van der Waals surface area contributed by atoms with Crippen LogP contribution < -0.4 is 19.5 Å². The summed E-state index contributed by atoms with van der Waals surface area (Å²) < 4.78 is 12.7. The van der Waals surface area contributed by atoms with Gasteiger partial charge in [0.1, 0.15) is 5.82 Å². The molecular weight excluding hydrogens is 467 g/mol. The van der Waals surface area contributed by atoms with Gasteiger partial charge in [-0.3, -0.25) is 15.0 Å². The largest absolute Gasteiger partial charge is 0.432 e. The van der Waals surface area contributed by atoms with E-state index < -0.39 is 0 Å². The van der Waals surface area contributed by atoms with Gasteiger partial charge in [-0.2, -0.15) is 9.55 Å². The van der Waals surface area contributed by atoms with Crippen LogP contribution in [-0.4, -0.2) is 23.5 Å². The summed E-state index contributed by atoms with van der Waals surface area (Å²) in [6, 6.07) is 11.8. The second kappa shape index (κ2) is 9.64. The van der Waals surface area contributed by atoms with Crippen molar-refractivity contribution in [1.82, 2.24) is 4.98 Å². The molecule has 2 amide bonds. The van der Waals surface area contributed by atoms with E-state index >= 15 is 0 Å². The van der Waals surface area contributed by atoms with Gasteiger partial charge in [0.05, 0.1) is 15.7 Å². The number of nitrogens with one attached hydrogen (secondary N) is 1. The number of amides is 2. The molecule has 2 aromatic heterocycles. The zero-order valence-electron chi connectivity index (χ0n) is 18.0. The third kappa shape index (κ3) is 5.18. The maximum absolute atomic E-state index is 12.9. The standard InChI is InChI=1S/C23H20Cl2N4O4/c1-14-20(5-4-9-28(14)13-32-15(2)30)33-22-7-3-6-21(26-22)27-23(31)29-10-8-16-11-17(24)18(25)12-19(16)29/h3-7,9,11-12H,8,10,13H2,1-2H3/p+1. The highest BCUT2D eigenvalue weighted by Crippen LogP contribution is 2.35. The highest BCUT2D eigenvalue weighted by atomic mass is 35.5. The van der Waals surface area contributed by atoms with Crippen LogP contribution in [0.4, 0.5) is 16.3 Å². The third-order valence-electron chi connectivity index (χ3n) is 5.14. The molecule has 10 heteroatoms. The van der Waals surface area contributed by atoms with Crippen LogP contribution >= 0.6 is 23.2 Å².